The number of aliphatic imine (C=N–C) groups is 1. The Morgan fingerprint density at radius 3 is 2.65 bits per heavy atom. The number of ether oxygens (including phenoxy) is 1. The third-order valence-corrected chi connectivity index (χ3v) is 7.23. The van der Waals surface area contributed by atoms with Gasteiger partial charge in [-0.3, -0.25) is 0 Å². The molecule has 0 saturated carbocycles. The highest BCUT2D eigenvalue weighted by molar-refractivity contribution is 5.79. The summed E-state index contributed by atoms with van der Waals surface area (Å²) in [6.07, 6.45) is 4.38. The van der Waals surface area contributed by atoms with Crippen LogP contribution in [-0.4, -0.2) is 23.7 Å². The summed E-state index contributed by atoms with van der Waals surface area (Å²) in [5.41, 5.74) is 11.0. The molecule has 2 aliphatic heterocycles. The van der Waals surface area contributed by atoms with Gasteiger partial charge in [-0.2, -0.15) is 5.26 Å². The van der Waals surface area contributed by atoms with E-state index in [1.165, 1.54) is 11.1 Å². The van der Waals surface area contributed by atoms with Crippen molar-refractivity contribution in [1.82, 2.24) is 5.06 Å². The lowest BCUT2D eigenvalue weighted by Gasteiger charge is -2.45. The zero-order valence-corrected chi connectivity index (χ0v) is 19.1. The van der Waals surface area contributed by atoms with Gasteiger partial charge in [0.25, 0.3) is 0 Å². The molecule has 2 atom stereocenters. The van der Waals surface area contributed by atoms with Crippen molar-refractivity contribution < 1.29 is 9.57 Å². The molecule has 0 unspecified atom stereocenters. The Morgan fingerprint density at radius 2 is 1.85 bits per heavy atom. The van der Waals surface area contributed by atoms with Gasteiger partial charge >= 0.3 is 0 Å². The van der Waals surface area contributed by atoms with Crippen LogP contribution in [0.25, 0.3) is 11.1 Å². The Bertz CT molecular complexity index is 1360. The van der Waals surface area contributed by atoms with Gasteiger partial charge in [0.1, 0.15) is 11.4 Å². The number of nitriles is 1. The fourth-order valence-electron chi connectivity index (χ4n) is 5.65. The molecule has 6 rings (SSSR count). The molecular weight excluding hydrogens is 424 g/mol. The number of hydroxylamine groups is 2. The van der Waals surface area contributed by atoms with Gasteiger partial charge < -0.3 is 10.5 Å². The van der Waals surface area contributed by atoms with Gasteiger partial charge in [0.15, 0.2) is 0 Å². The minimum Gasteiger partial charge on any atom is -0.486 e. The third kappa shape index (κ3) is 3.32. The van der Waals surface area contributed by atoms with Gasteiger partial charge in [0.2, 0.25) is 11.7 Å². The summed E-state index contributed by atoms with van der Waals surface area (Å²) >= 11 is 0. The Kier molecular flexibility index (Phi) is 4.65. The normalized spacial score (nSPS) is 25.2. The van der Waals surface area contributed by atoms with Crippen LogP contribution in [0.1, 0.15) is 41.5 Å². The van der Waals surface area contributed by atoms with Gasteiger partial charge in [0, 0.05) is 19.9 Å². The fourth-order valence-corrected chi connectivity index (χ4v) is 5.65. The fraction of sp³-hybridized carbons (Fsp3) is 0.286. The average molecular weight is 451 g/mol. The number of nitrogens with two attached hydrogens (primary N) is 1. The third-order valence-electron chi connectivity index (χ3n) is 7.23. The average Bonchev–Trinajstić information content (AvgIpc) is 3.01. The standard InChI is InChI=1S/C28H26N4O2/c1-32-26(30)31-28(34-32)18-27(13-5-10-20-7-2-3-8-23(20)16-27)33-25-12-11-22(15-24(25)28)21-9-4-6-19(14-21)17-29/h2-4,6-9,11-12,14-15H,5,10,13,16,18H2,1H3,(H2,30,31)/t27-,28+/m0/s1. The molecule has 34 heavy (non-hydrogen) atoms. The van der Waals surface area contributed by atoms with Crippen molar-refractivity contribution >= 4 is 5.96 Å². The highest BCUT2D eigenvalue weighted by Crippen LogP contribution is 2.52. The summed E-state index contributed by atoms with van der Waals surface area (Å²) < 4.78 is 6.83. The molecule has 170 valence electrons. The van der Waals surface area contributed by atoms with E-state index in [0.717, 1.165) is 48.1 Å². The zero-order chi connectivity index (χ0) is 23.3. The first-order chi connectivity index (χ1) is 16.5. The first-order valence-corrected chi connectivity index (χ1v) is 11.7. The minimum atomic E-state index is -0.950. The molecule has 2 heterocycles. The highest BCUT2D eigenvalue weighted by Gasteiger charge is 2.54. The van der Waals surface area contributed by atoms with Crippen molar-refractivity contribution in [2.24, 2.45) is 10.7 Å². The van der Waals surface area contributed by atoms with Crippen LogP contribution >= 0.6 is 0 Å². The molecule has 1 aliphatic carbocycles. The molecule has 0 amide bonds. The largest absolute Gasteiger partial charge is 0.486 e. The van der Waals surface area contributed by atoms with E-state index in [2.05, 4.69) is 36.4 Å². The molecule has 0 bridgehead atoms. The topological polar surface area (TPSA) is 83.9 Å². The van der Waals surface area contributed by atoms with Crippen LogP contribution < -0.4 is 10.5 Å². The van der Waals surface area contributed by atoms with Crippen LogP contribution in [-0.2, 0) is 23.4 Å². The molecule has 2 N–H and O–H groups in total. The van der Waals surface area contributed by atoms with Gasteiger partial charge in [-0.05, 0) is 65.8 Å². The van der Waals surface area contributed by atoms with Crippen LogP contribution in [0.5, 0.6) is 5.75 Å². The zero-order valence-electron chi connectivity index (χ0n) is 19.1. The second-order valence-corrected chi connectivity index (χ2v) is 9.51. The molecule has 6 heteroatoms. The Hall–Kier alpha value is -3.82. The van der Waals surface area contributed by atoms with Crippen LogP contribution in [0.4, 0.5) is 0 Å². The molecule has 0 saturated heterocycles. The number of aryl methyl sites for hydroxylation is 1. The lowest BCUT2D eigenvalue weighted by atomic mass is 9.78. The Morgan fingerprint density at radius 1 is 1.03 bits per heavy atom. The predicted molar refractivity (Wildman–Crippen MR) is 130 cm³/mol. The molecule has 0 radical (unpaired) electrons. The predicted octanol–water partition coefficient (Wildman–Crippen LogP) is 4.67. The van der Waals surface area contributed by atoms with Gasteiger partial charge in [-0.25, -0.2) is 14.9 Å². The number of benzene rings is 3. The molecule has 2 spiro atoms. The lowest BCUT2D eigenvalue weighted by Crippen LogP contribution is -2.49. The number of hydrogen-bond acceptors (Lipinski definition) is 6. The van der Waals surface area contributed by atoms with Crippen molar-refractivity contribution in [1.29, 1.82) is 5.26 Å². The van der Waals surface area contributed by atoms with E-state index in [4.69, 9.17) is 20.3 Å². The van der Waals surface area contributed by atoms with Crippen LogP contribution in [0.15, 0.2) is 71.7 Å². The Labute approximate surface area is 199 Å². The second kappa shape index (κ2) is 7.61. The molecule has 6 nitrogen and oxygen atoms in total. The number of guanidine groups is 1. The molecular formula is C28H26N4O2. The quantitative estimate of drug-likeness (QED) is 0.582. The van der Waals surface area contributed by atoms with E-state index in [-0.39, 0.29) is 0 Å². The summed E-state index contributed by atoms with van der Waals surface area (Å²) in [5, 5.41) is 10.9. The van der Waals surface area contributed by atoms with Crippen molar-refractivity contribution in [2.75, 3.05) is 7.05 Å². The maximum Gasteiger partial charge on any atom is 0.222 e. The van der Waals surface area contributed by atoms with Gasteiger partial charge in [0.05, 0.1) is 17.2 Å². The number of fused-ring (bicyclic) bond motifs is 3. The Balaban J connectivity index is 1.48. The van der Waals surface area contributed by atoms with Gasteiger partial charge in [-0.1, -0.05) is 42.5 Å². The second-order valence-electron chi connectivity index (χ2n) is 9.51. The van der Waals surface area contributed by atoms with E-state index in [0.29, 0.717) is 17.9 Å². The van der Waals surface area contributed by atoms with E-state index >= 15 is 0 Å². The van der Waals surface area contributed by atoms with E-state index in [9.17, 15) is 5.26 Å². The summed E-state index contributed by atoms with van der Waals surface area (Å²) in [5.74, 6) is 1.13. The smallest absolute Gasteiger partial charge is 0.222 e. The molecule has 3 aromatic rings. The van der Waals surface area contributed by atoms with Crippen LogP contribution in [0.3, 0.4) is 0 Å². The monoisotopic (exact) mass is 450 g/mol. The number of nitrogens with zero attached hydrogens (tertiary/aromatic N) is 3. The first kappa shape index (κ1) is 20.8. The van der Waals surface area contributed by atoms with Crippen LogP contribution in [0, 0.1) is 11.3 Å². The summed E-state index contributed by atoms with van der Waals surface area (Å²) in [7, 11) is 1.79. The van der Waals surface area contributed by atoms with E-state index < -0.39 is 11.3 Å². The molecule has 3 aromatic carbocycles. The lowest BCUT2D eigenvalue weighted by molar-refractivity contribution is -0.204. The summed E-state index contributed by atoms with van der Waals surface area (Å²) in [6.45, 7) is 0. The maximum absolute atomic E-state index is 9.33. The number of hydrogen-bond donors (Lipinski definition) is 1. The molecule has 0 fully saturated rings. The highest BCUT2D eigenvalue weighted by atomic mass is 16.7. The SMILES string of the molecule is CN1O[C@@]2(C[C@@]3(CCCc4ccccc4C3)Oc3ccc(-c4cccc(C#N)c4)cc32)N=C1N. The van der Waals surface area contributed by atoms with Gasteiger partial charge in [-0.15, -0.1) is 0 Å². The van der Waals surface area contributed by atoms with Crippen molar-refractivity contribution in [3.8, 4) is 22.9 Å². The van der Waals surface area contributed by atoms with Crippen molar-refractivity contribution in [3.05, 3.63) is 89.0 Å². The molecule has 0 aromatic heterocycles. The van der Waals surface area contributed by atoms with Crippen molar-refractivity contribution in [2.45, 2.75) is 43.4 Å². The minimum absolute atomic E-state index is 0.355. The summed E-state index contributed by atoms with van der Waals surface area (Å²) in [4.78, 5) is 11.3. The van der Waals surface area contributed by atoms with E-state index in [1.807, 2.05) is 30.3 Å². The molecule has 3 aliphatic rings. The number of rotatable bonds is 1. The van der Waals surface area contributed by atoms with Crippen LogP contribution in [0.2, 0.25) is 0 Å². The van der Waals surface area contributed by atoms with Crippen molar-refractivity contribution in [3.63, 3.8) is 0 Å². The first-order valence-electron chi connectivity index (χ1n) is 11.7. The maximum atomic E-state index is 9.33. The van der Waals surface area contributed by atoms with E-state index in [1.54, 1.807) is 18.2 Å². The summed E-state index contributed by atoms with van der Waals surface area (Å²) in [6, 6.07) is 24.6.